The third kappa shape index (κ3) is 4.89. The monoisotopic (exact) mass is 400 g/mol. The standard InChI is InChI=1S/C21H28N4O2S/c1-15-14-28-21(22-15)24-19-8-4-7-17(23-19)18-13-25(11-12-27-18)20(26)10-9-16-5-2-3-6-16/h4,7-8,14,16,18H,2-3,5-6,9-13H2,1H3,(H,22,23,24)/t18-/m0/s1. The Morgan fingerprint density at radius 1 is 1.32 bits per heavy atom. The topological polar surface area (TPSA) is 67.4 Å². The minimum atomic E-state index is -0.177. The number of aryl methyl sites for hydroxylation is 1. The summed E-state index contributed by atoms with van der Waals surface area (Å²) in [7, 11) is 0. The van der Waals surface area contributed by atoms with Gasteiger partial charge in [-0.3, -0.25) is 4.79 Å². The predicted octanol–water partition coefficient (Wildman–Crippen LogP) is 4.46. The first-order valence-corrected chi connectivity index (χ1v) is 11.1. The van der Waals surface area contributed by atoms with Crippen LogP contribution in [-0.2, 0) is 9.53 Å². The number of nitrogens with zero attached hydrogens (tertiary/aromatic N) is 3. The molecule has 2 aromatic rings. The van der Waals surface area contributed by atoms with Crippen LogP contribution in [0.3, 0.4) is 0 Å². The van der Waals surface area contributed by atoms with E-state index in [1.165, 1.54) is 25.7 Å². The van der Waals surface area contributed by atoms with Crippen LogP contribution in [0.25, 0.3) is 0 Å². The summed E-state index contributed by atoms with van der Waals surface area (Å²) in [5.74, 6) is 1.76. The highest BCUT2D eigenvalue weighted by molar-refractivity contribution is 7.13. The first-order valence-electron chi connectivity index (χ1n) is 10.2. The van der Waals surface area contributed by atoms with Crippen LogP contribution in [0.2, 0.25) is 0 Å². The van der Waals surface area contributed by atoms with E-state index in [0.717, 1.165) is 34.7 Å². The molecule has 1 atom stereocenters. The number of rotatable bonds is 6. The molecule has 2 aromatic heterocycles. The molecular weight excluding hydrogens is 372 g/mol. The number of carbonyl (C=O) groups excluding carboxylic acids is 1. The molecule has 2 fully saturated rings. The van der Waals surface area contributed by atoms with Gasteiger partial charge >= 0.3 is 0 Å². The van der Waals surface area contributed by atoms with Crippen LogP contribution in [-0.4, -0.2) is 40.5 Å². The van der Waals surface area contributed by atoms with Crippen LogP contribution >= 0.6 is 11.3 Å². The van der Waals surface area contributed by atoms with E-state index in [1.54, 1.807) is 11.3 Å². The zero-order valence-corrected chi connectivity index (χ0v) is 17.2. The normalized spacial score (nSPS) is 20.5. The Kier molecular flexibility index (Phi) is 6.22. The zero-order valence-electron chi connectivity index (χ0n) is 16.4. The van der Waals surface area contributed by atoms with Gasteiger partial charge in [0.2, 0.25) is 5.91 Å². The van der Waals surface area contributed by atoms with E-state index in [0.29, 0.717) is 26.1 Å². The van der Waals surface area contributed by atoms with Gasteiger partial charge in [0.1, 0.15) is 11.9 Å². The van der Waals surface area contributed by atoms with Crippen molar-refractivity contribution < 1.29 is 9.53 Å². The lowest BCUT2D eigenvalue weighted by Gasteiger charge is -2.33. The molecule has 1 aliphatic heterocycles. The summed E-state index contributed by atoms with van der Waals surface area (Å²) in [6, 6.07) is 5.86. The quantitative estimate of drug-likeness (QED) is 0.775. The third-order valence-electron chi connectivity index (χ3n) is 5.61. The Morgan fingerprint density at radius 2 is 2.18 bits per heavy atom. The number of nitrogens with one attached hydrogen (secondary N) is 1. The number of ether oxygens (including phenoxy) is 1. The molecule has 28 heavy (non-hydrogen) atoms. The van der Waals surface area contributed by atoms with Crippen LogP contribution < -0.4 is 5.32 Å². The lowest BCUT2D eigenvalue weighted by Crippen LogP contribution is -2.42. The summed E-state index contributed by atoms with van der Waals surface area (Å²) >= 11 is 1.56. The molecule has 0 aromatic carbocycles. The second-order valence-electron chi connectivity index (χ2n) is 7.76. The van der Waals surface area contributed by atoms with Gasteiger partial charge in [0.15, 0.2) is 5.13 Å². The fourth-order valence-electron chi connectivity index (χ4n) is 4.06. The number of thiazole rings is 1. The van der Waals surface area contributed by atoms with Crippen molar-refractivity contribution in [1.82, 2.24) is 14.9 Å². The van der Waals surface area contributed by atoms with Gasteiger partial charge in [-0.25, -0.2) is 9.97 Å². The van der Waals surface area contributed by atoms with E-state index in [2.05, 4.69) is 10.3 Å². The minimum absolute atomic E-state index is 0.177. The summed E-state index contributed by atoms with van der Waals surface area (Å²) in [5.41, 5.74) is 1.84. The van der Waals surface area contributed by atoms with Crippen molar-refractivity contribution in [3.63, 3.8) is 0 Å². The van der Waals surface area contributed by atoms with Crippen LogP contribution in [0.1, 0.15) is 56.0 Å². The van der Waals surface area contributed by atoms with Crippen molar-refractivity contribution in [2.45, 2.75) is 51.6 Å². The SMILES string of the molecule is Cc1csc(Nc2cccc([C@@H]3CN(C(=O)CCC4CCCC4)CCO3)n2)n1. The number of hydrogen-bond donors (Lipinski definition) is 1. The molecule has 1 N–H and O–H groups in total. The predicted molar refractivity (Wildman–Crippen MR) is 111 cm³/mol. The number of carbonyl (C=O) groups is 1. The number of pyridine rings is 1. The Balaban J connectivity index is 1.35. The van der Waals surface area contributed by atoms with Gasteiger partial charge in [0.25, 0.3) is 0 Å². The maximum absolute atomic E-state index is 12.7. The molecule has 150 valence electrons. The highest BCUT2D eigenvalue weighted by Crippen LogP contribution is 2.29. The molecule has 7 heteroatoms. The average Bonchev–Trinajstić information content (AvgIpc) is 3.38. The van der Waals surface area contributed by atoms with E-state index in [-0.39, 0.29) is 12.0 Å². The first-order chi connectivity index (χ1) is 13.7. The molecule has 1 amide bonds. The summed E-state index contributed by atoms with van der Waals surface area (Å²) < 4.78 is 5.93. The summed E-state index contributed by atoms with van der Waals surface area (Å²) in [6.07, 6.45) is 6.76. The Hall–Kier alpha value is -1.99. The maximum atomic E-state index is 12.7. The van der Waals surface area contributed by atoms with Gasteiger partial charge in [0, 0.05) is 18.3 Å². The molecule has 4 rings (SSSR count). The smallest absolute Gasteiger partial charge is 0.222 e. The third-order valence-corrected chi connectivity index (χ3v) is 6.49. The molecule has 0 unspecified atom stereocenters. The number of hydrogen-bond acceptors (Lipinski definition) is 6. The number of aromatic nitrogens is 2. The molecule has 6 nitrogen and oxygen atoms in total. The van der Waals surface area contributed by atoms with Gasteiger partial charge in [0.05, 0.1) is 24.5 Å². The van der Waals surface area contributed by atoms with Crippen LogP contribution in [0.15, 0.2) is 23.6 Å². The molecule has 0 spiro atoms. The molecule has 1 aliphatic carbocycles. The van der Waals surface area contributed by atoms with Gasteiger partial charge in [-0.1, -0.05) is 31.7 Å². The van der Waals surface area contributed by atoms with E-state index < -0.39 is 0 Å². The Labute approximate surface area is 170 Å². The van der Waals surface area contributed by atoms with Crippen molar-refractivity contribution in [2.24, 2.45) is 5.92 Å². The molecule has 2 aliphatic rings. The lowest BCUT2D eigenvalue weighted by atomic mass is 10.0. The Bertz CT molecular complexity index is 803. The summed E-state index contributed by atoms with van der Waals surface area (Å²) in [5, 5.41) is 6.08. The van der Waals surface area contributed by atoms with Crippen molar-refractivity contribution in [3.05, 3.63) is 35.0 Å². The maximum Gasteiger partial charge on any atom is 0.222 e. The van der Waals surface area contributed by atoms with E-state index in [4.69, 9.17) is 9.72 Å². The molecule has 0 radical (unpaired) electrons. The van der Waals surface area contributed by atoms with Crippen LogP contribution in [0.5, 0.6) is 0 Å². The van der Waals surface area contributed by atoms with E-state index in [9.17, 15) is 4.79 Å². The van der Waals surface area contributed by atoms with E-state index in [1.807, 2.05) is 35.4 Å². The molecule has 0 bridgehead atoms. The Morgan fingerprint density at radius 3 is 2.96 bits per heavy atom. The van der Waals surface area contributed by atoms with Gasteiger partial charge in [-0.2, -0.15) is 0 Å². The minimum Gasteiger partial charge on any atom is -0.368 e. The van der Waals surface area contributed by atoms with Crippen LogP contribution in [0.4, 0.5) is 10.9 Å². The summed E-state index contributed by atoms with van der Waals surface area (Å²) in [6.45, 7) is 3.79. The molecule has 3 heterocycles. The van der Waals surface area contributed by atoms with Crippen molar-refractivity contribution in [1.29, 1.82) is 0 Å². The van der Waals surface area contributed by atoms with Crippen LogP contribution in [0, 0.1) is 12.8 Å². The highest BCUT2D eigenvalue weighted by Gasteiger charge is 2.27. The lowest BCUT2D eigenvalue weighted by molar-refractivity contribution is -0.139. The fourth-order valence-corrected chi connectivity index (χ4v) is 4.76. The second-order valence-corrected chi connectivity index (χ2v) is 8.61. The van der Waals surface area contributed by atoms with Gasteiger partial charge < -0.3 is 15.0 Å². The van der Waals surface area contributed by atoms with Crippen molar-refractivity contribution in [2.75, 3.05) is 25.0 Å². The first kappa shape index (κ1) is 19.3. The molecular formula is C21H28N4O2S. The summed E-state index contributed by atoms with van der Waals surface area (Å²) in [4.78, 5) is 23.7. The van der Waals surface area contributed by atoms with Crippen molar-refractivity contribution >= 4 is 28.2 Å². The number of amides is 1. The number of anilines is 2. The molecule has 1 saturated heterocycles. The largest absolute Gasteiger partial charge is 0.368 e. The molecule has 1 saturated carbocycles. The van der Waals surface area contributed by atoms with Gasteiger partial charge in [-0.05, 0) is 31.4 Å². The zero-order chi connectivity index (χ0) is 19.3. The van der Waals surface area contributed by atoms with Crippen molar-refractivity contribution in [3.8, 4) is 0 Å². The second kappa shape index (κ2) is 9.01. The average molecular weight is 401 g/mol. The van der Waals surface area contributed by atoms with E-state index >= 15 is 0 Å². The number of morpholine rings is 1. The fraction of sp³-hybridized carbons (Fsp3) is 0.571. The van der Waals surface area contributed by atoms with Gasteiger partial charge in [-0.15, -0.1) is 11.3 Å². The highest BCUT2D eigenvalue weighted by atomic mass is 32.1.